The molecule has 0 saturated carbocycles. The number of ether oxygens (including phenoxy) is 1. The molecule has 1 aliphatic heterocycles. The maximum atomic E-state index is 9.39. The topological polar surface area (TPSA) is 48.6 Å². The average Bonchev–Trinajstić information content (AvgIpc) is 2.94. The molecule has 0 spiro atoms. The number of hydrogen-bond donors (Lipinski definition) is 0. The van der Waals surface area contributed by atoms with Gasteiger partial charge in [0, 0.05) is 12.8 Å². The first kappa shape index (κ1) is 19.3. The molecule has 2 aliphatic rings. The van der Waals surface area contributed by atoms with Crippen molar-refractivity contribution in [2.75, 3.05) is 12.8 Å². The van der Waals surface area contributed by atoms with Crippen LogP contribution in [0.25, 0.3) is 0 Å². The Kier molecular flexibility index (Phi) is 5.64. The zero-order valence-corrected chi connectivity index (χ0v) is 17.3. The largest absolute Gasteiger partial charge is 0.371 e. The van der Waals surface area contributed by atoms with Crippen molar-refractivity contribution in [2.24, 2.45) is 4.99 Å². The van der Waals surface area contributed by atoms with Crippen molar-refractivity contribution in [3.05, 3.63) is 28.8 Å². The maximum Gasteiger partial charge on any atom is 0.164 e. The second-order valence-corrected chi connectivity index (χ2v) is 9.21. The van der Waals surface area contributed by atoms with E-state index in [2.05, 4.69) is 45.7 Å². The summed E-state index contributed by atoms with van der Waals surface area (Å²) >= 11 is 1.80. The molecule has 5 heteroatoms. The van der Waals surface area contributed by atoms with E-state index in [-0.39, 0.29) is 11.7 Å². The first-order valence-electron chi connectivity index (χ1n) is 9.47. The Morgan fingerprint density at radius 2 is 1.96 bits per heavy atom. The van der Waals surface area contributed by atoms with E-state index in [0.29, 0.717) is 6.04 Å². The molecule has 1 aliphatic carbocycles. The van der Waals surface area contributed by atoms with Crippen molar-refractivity contribution < 1.29 is 4.74 Å². The second kappa shape index (κ2) is 7.62. The lowest BCUT2D eigenvalue weighted by Crippen LogP contribution is -2.43. The van der Waals surface area contributed by atoms with Crippen LogP contribution in [0.1, 0.15) is 57.2 Å². The van der Waals surface area contributed by atoms with Gasteiger partial charge < -0.3 is 9.64 Å². The standard InChI is InChI=1S/C21H29N3OS/c1-14(25-21(2,3)4)19-13-26-20(24(19)5)23-18-11-10-15(12-22)16-8-6-7-9-17(16)18/h10-11,14,19H,6-9,13H2,1-5H3/t14?,19-/m1/s1. The third-order valence-corrected chi connectivity index (χ3v) is 6.26. The van der Waals surface area contributed by atoms with Gasteiger partial charge in [-0.2, -0.15) is 5.26 Å². The Bertz CT molecular complexity index is 745. The summed E-state index contributed by atoms with van der Waals surface area (Å²) in [5.41, 5.74) is 4.21. The van der Waals surface area contributed by atoms with Gasteiger partial charge in [0.15, 0.2) is 5.17 Å². The van der Waals surface area contributed by atoms with Gasteiger partial charge in [-0.3, -0.25) is 0 Å². The summed E-state index contributed by atoms with van der Waals surface area (Å²) in [5, 5.41) is 10.4. The van der Waals surface area contributed by atoms with Crippen LogP contribution in [0.5, 0.6) is 0 Å². The molecule has 3 rings (SSSR count). The number of rotatable bonds is 3. The maximum absolute atomic E-state index is 9.39. The first-order chi connectivity index (χ1) is 12.3. The van der Waals surface area contributed by atoms with Crippen LogP contribution in [-0.4, -0.2) is 40.6 Å². The highest BCUT2D eigenvalue weighted by Crippen LogP contribution is 2.35. The molecule has 1 heterocycles. The smallest absolute Gasteiger partial charge is 0.164 e. The monoisotopic (exact) mass is 371 g/mol. The lowest BCUT2D eigenvalue weighted by Gasteiger charge is -2.32. The molecule has 0 bridgehead atoms. The summed E-state index contributed by atoms with van der Waals surface area (Å²) < 4.78 is 6.17. The van der Waals surface area contributed by atoms with Gasteiger partial charge in [0.1, 0.15) is 0 Å². The van der Waals surface area contributed by atoms with Gasteiger partial charge in [-0.1, -0.05) is 11.8 Å². The van der Waals surface area contributed by atoms with E-state index in [1.807, 2.05) is 12.1 Å². The molecule has 1 saturated heterocycles. The molecule has 26 heavy (non-hydrogen) atoms. The quantitative estimate of drug-likeness (QED) is 0.774. The molecule has 0 radical (unpaired) electrons. The predicted octanol–water partition coefficient (Wildman–Crippen LogP) is 4.68. The van der Waals surface area contributed by atoms with E-state index in [1.165, 1.54) is 24.0 Å². The third-order valence-electron chi connectivity index (χ3n) is 5.11. The number of fused-ring (bicyclic) bond motifs is 1. The molecule has 1 aromatic rings. The lowest BCUT2D eigenvalue weighted by atomic mass is 9.87. The highest BCUT2D eigenvalue weighted by molar-refractivity contribution is 8.14. The van der Waals surface area contributed by atoms with Crippen molar-refractivity contribution in [2.45, 2.75) is 71.1 Å². The van der Waals surface area contributed by atoms with E-state index in [0.717, 1.165) is 35.0 Å². The minimum atomic E-state index is -0.142. The average molecular weight is 372 g/mol. The number of thioether (sulfide) groups is 1. The molecule has 2 atom stereocenters. The Hall–Kier alpha value is -1.51. The third kappa shape index (κ3) is 4.07. The molecule has 0 amide bonds. The van der Waals surface area contributed by atoms with Gasteiger partial charge >= 0.3 is 0 Å². The SMILES string of the molecule is CC(OC(C)(C)C)[C@H]1CSC(=Nc2ccc(C#N)c3c2CCCC3)N1C. The minimum absolute atomic E-state index is 0.142. The number of benzene rings is 1. The Morgan fingerprint density at radius 3 is 2.62 bits per heavy atom. The number of nitriles is 1. The Balaban J connectivity index is 1.84. The lowest BCUT2D eigenvalue weighted by molar-refractivity contribution is -0.0710. The Morgan fingerprint density at radius 1 is 1.27 bits per heavy atom. The predicted molar refractivity (Wildman–Crippen MR) is 109 cm³/mol. The summed E-state index contributed by atoms with van der Waals surface area (Å²) in [4.78, 5) is 7.26. The van der Waals surface area contributed by atoms with Crippen LogP contribution in [0.3, 0.4) is 0 Å². The molecule has 1 fully saturated rings. The summed E-state index contributed by atoms with van der Waals surface area (Å²) in [5.74, 6) is 0.991. The number of nitrogens with zero attached hydrogens (tertiary/aromatic N) is 3. The van der Waals surface area contributed by atoms with E-state index < -0.39 is 0 Å². The second-order valence-electron chi connectivity index (χ2n) is 8.23. The van der Waals surface area contributed by atoms with Crippen molar-refractivity contribution >= 4 is 22.6 Å². The van der Waals surface area contributed by atoms with Crippen LogP contribution in [0, 0.1) is 11.3 Å². The zero-order chi connectivity index (χ0) is 18.9. The highest BCUT2D eigenvalue weighted by atomic mass is 32.2. The van der Waals surface area contributed by atoms with E-state index >= 15 is 0 Å². The molecule has 1 unspecified atom stereocenters. The van der Waals surface area contributed by atoms with Crippen molar-refractivity contribution in [1.82, 2.24) is 4.90 Å². The van der Waals surface area contributed by atoms with Crippen LogP contribution in [-0.2, 0) is 17.6 Å². The fraction of sp³-hybridized carbons (Fsp3) is 0.619. The number of hydrogen-bond acceptors (Lipinski definition) is 4. The van der Waals surface area contributed by atoms with Crippen LogP contribution >= 0.6 is 11.8 Å². The molecular weight excluding hydrogens is 342 g/mol. The summed E-state index contributed by atoms with van der Waals surface area (Å²) in [6.07, 6.45) is 4.52. The van der Waals surface area contributed by atoms with Gasteiger partial charge in [-0.25, -0.2) is 4.99 Å². The number of amidine groups is 1. The number of likely N-dealkylation sites (N-methyl/N-ethyl adjacent to an activating group) is 1. The summed E-state index contributed by atoms with van der Waals surface area (Å²) in [6.45, 7) is 8.45. The van der Waals surface area contributed by atoms with Crippen LogP contribution in [0.2, 0.25) is 0 Å². The van der Waals surface area contributed by atoms with Gasteiger partial charge in [0.25, 0.3) is 0 Å². The first-order valence-corrected chi connectivity index (χ1v) is 10.5. The van der Waals surface area contributed by atoms with Gasteiger partial charge in [-0.15, -0.1) is 0 Å². The zero-order valence-electron chi connectivity index (χ0n) is 16.5. The van der Waals surface area contributed by atoms with Gasteiger partial charge in [0.05, 0.1) is 35.1 Å². The van der Waals surface area contributed by atoms with Crippen LogP contribution < -0.4 is 0 Å². The molecule has 0 N–H and O–H groups in total. The van der Waals surface area contributed by atoms with E-state index in [9.17, 15) is 5.26 Å². The van der Waals surface area contributed by atoms with Crippen molar-refractivity contribution in [1.29, 1.82) is 5.26 Å². The van der Waals surface area contributed by atoms with Crippen LogP contribution in [0.15, 0.2) is 17.1 Å². The van der Waals surface area contributed by atoms with Gasteiger partial charge in [-0.05, 0) is 76.6 Å². The van der Waals surface area contributed by atoms with Crippen molar-refractivity contribution in [3.63, 3.8) is 0 Å². The highest BCUT2D eigenvalue weighted by Gasteiger charge is 2.34. The fourth-order valence-electron chi connectivity index (χ4n) is 3.87. The van der Waals surface area contributed by atoms with Gasteiger partial charge in [0.2, 0.25) is 0 Å². The molecule has 0 aromatic heterocycles. The molecule has 140 valence electrons. The van der Waals surface area contributed by atoms with Crippen LogP contribution in [0.4, 0.5) is 5.69 Å². The van der Waals surface area contributed by atoms with E-state index in [4.69, 9.17) is 9.73 Å². The number of aliphatic imine (C=N–C) groups is 1. The summed E-state index contributed by atoms with van der Waals surface area (Å²) in [7, 11) is 2.11. The van der Waals surface area contributed by atoms with Crippen molar-refractivity contribution in [3.8, 4) is 6.07 Å². The normalized spacial score (nSPS) is 23.0. The molecule has 4 nitrogen and oxygen atoms in total. The van der Waals surface area contributed by atoms with E-state index in [1.54, 1.807) is 11.8 Å². The molecule has 1 aromatic carbocycles. The minimum Gasteiger partial charge on any atom is -0.371 e. The summed E-state index contributed by atoms with van der Waals surface area (Å²) in [6, 6.07) is 6.63. The Labute approximate surface area is 161 Å². The fourth-order valence-corrected chi connectivity index (χ4v) is 5.19. The molecular formula is C21H29N3OS.